The highest BCUT2D eigenvalue weighted by atomic mass is 32.2. The fourth-order valence-corrected chi connectivity index (χ4v) is 5.81. The lowest BCUT2D eigenvalue weighted by molar-refractivity contribution is -0.245. The summed E-state index contributed by atoms with van der Waals surface area (Å²) in [6, 6.07) is 22.5. The van der Waals surface area contributed by atoms with E-state index in [9.17, 15) is 19.8 Å². The molecule has 0 saturated carbocycles. The van der Waals surface area contributed by atoms with E-state index < -0.39 is 6.29 Å². The van der Waals surface area contributed by atoms with Crippen LogP contribution in [-0.4, -0.2) is 46.2 Å². The second-order valence-electron chi connectivity index (χ2n) is 10.9. The Morgan fingerprint density at radius 3 is 2.27 bits per heavy atom. The minimum atomic E-state index is -0.613. The molecule has 0 aromatic heterocycles. The van der Waals surface area contributed by atoms with Crippen molar-refractivity contribution in [3.8, 4) is 0 Å². The van der Waals surface area contributed by atoms with E-state index in [1.54, 1.807) is 23.9 Å². The van der Waals surface area contributed by atoms with Gasteiger partial charge in [-0.15, -0.1) is 0 Å². The average molecular weight is 622 g/mol. The number of nitrogen functional groups attached to an aromatic ring is 1. The predicted octanol–water partition coefficient (Wildman–Crippen LogP) is 5.95. The lowest BCUT2D eigenvalue weighted by Crippen LogP contribution is -2.31. The maximum atomic E-state index is 12.7. The van der Waals surface area contributed by atoms with Gasteiger partial charge in [-0.25, -0.2) is 0 Å². The smallest absolute Gasteiger partial charge is 0.224 e. The Hall–Kier alpha value is -3.41. The Bertz CT molecular complexity index is 1340. The van der Waals surface area contributed by atoms with Crippen LogP contribution in [0.15, 0.2) is 72.8 Å². The standard InChI is InChI=1S/C34H43N3O6S/c35-29-10-5-6-11-30(29)37-33(41)13-4-2-1-3-12-32(40)36-27-9-7-8-26(20-27)34-42-28(23-44-19-18-38)21-31(43-34)25-16-14-24(22-39)15-17-25/h5-11,14-17,20,28,31,34,38-39H,1-4,12-13,18-19,21-23,35H2,(H,36,40)(H,37,41). The number of nitrogens with one attached hydrogen (secondary N) is 2. The molecule has 9 nitrogen and oxygen atoms in total. The van der Waals surface area contributed by atoms with Crippen molar-refractivity contribution in [3.05, 3.63) is 89.5 Å². The lowest BCUT2D eigenvalue weighted by Gasteiger charge is -2.36. The first-order valence-electron chi connectivity index (χ1n) is 15.2. The van der Waals surface area contributed by atoms with Gasteiger partial charge in [0.2, 0.25) is 11.8 Å². The molecule has 236 valence electrons. The van der Waals surface area contributed by atoms with Gasteiger partial charge in [-0.3, -0.25) is 9.59 Å². The Morgan fingerprint density at radius 2 is 1.57 bits per heavy atom. The highest BCUT2D eigenvalue weighted by molar-refractivity contribution is 7.99. The van der Waals surface area contributed by atoms with E-state index in [1.807, 2.05) is 60.7 Å². The molecular formula is C34H43N3O6S. The van der Waals surface area contributed by atoms with Crippen molar-refractivity contribution in [2.24, 2.45) is 0 Å². The van der Waals surface area contributed by atoms with E-state index in [2.05, 4.69) is 10.6 Å². The van der Waals surface area contributed by atoms with Crippen LogP contribution in [0.25, 0.3) is 0 Å². The van der Waals surface area contributed by atoms with Crippen LogP contribution in [0.1, 0.15) is 74.0 Å². The molecule has 3 aromatic rings. The number of amides is 2. The number of rotatable bonds is 16. The van der Waals surface area contributed by atoms with E-state index in [0.717, 1.165) is 48.1 Å². The zero-order chi connectivity index (χ0) is 31.1. The lowest BCUT2D eigenvalue weighted by atomic mass is 10.0. The van der Waals surface area contributed by atoms with E-state index >= 15 is 0 Å². The minimum absolute atomic E-state index is 0.0132. The molecular weight excluding hydrogens is 578 g/mol. The summed E-state index contributed by atoms with van der Waals surface area (Å²) in [4.78, 5) is 24.8. The van der Waals surface area contributed by atoms with E-state index in [1.165, 1.54) is 0 Å². The molecule has 3 unspecified atom stereocenters. The Morgan fingerprint density at radius 1 is 0.841 bits per heavy atom. The fourth-order valence-electron chi connectivity index (χ4n) is 5.04. The molecule has 0 radical (unpaired) electrons. The summed E-state index contributed by atoms with van der Waals surface area (Å²) in [5.41, 5.74) is 10.4. The van der Waals surface area contributed by atoms with Crippen LogP contribution in [0.4, 0.5) is 17.1 Å². The Balaban J connectivity index is 1.24. The quantitative estimate of drug-likeness (QED) is 0.0976. The number of ether oxygens (including phenoxy) is 2. The molecule has 2 amide bonds. The van der Waals surface area contributed by atoms with Crippen molar-refractivity contribution in [1.29, 1.82) is 0 Å². The maximum absolute atomic E-state index is 12.7. The second kappa shape index (κ2) is 17.8. The van der Waals surface area contributed by atoms with Crippen LogP contribution in [0.2, 0.25) is 0 Å². The molecule has 1 aliphatic rings. The van der Waals surface area contributed by atoms with Gasteiger partial charge in [-0.05, 0) is 48.2 Å². The van der Waals surface area contributed by atoms with Gasteiger partial charge in [-0.2, -0.15) is 11.8 Å². The summed E-state index contributed by atoms with van der Waals surface area (Å²) < 4.78 is 12.7. The van der Waals surface area contributed by atoms with Gasteiger partial charge in [0.15, 0.2) is 6.29 Å². The minimum Gasteiger partial charge on any atom is -0.397 e. The Kier molecular flexibility index (Phi) is 13.5. The van der Waals surface area contributed by atoms with Crippen molar-refractivity contribution >= 4 is 40.6 Å². The van der Waals surface area contributed by atoms with Gasteiger partial charge in [0, 0.05) is 42.0 Å². The number of nitrogens with two attached hydrogens (primary N) is 1. The molecule has 1 fully saturated rings. The van der Waals surface area contributed by atoms with Gasteiger partial charge in [-0.1, -0.05) is 61.4 Å². The van der Waals surface area contributed by atoms with Crippen LogP contribution in [0, 0.1) is 0 Å². The number of aliphatic hydroxyl groups is 2. The molecule has 1 aliphatic heterocycles. The summed E-state index contributed by atoms with van der Waals surface area (Å²) in [5.74, 6) is 1.24. The number of anilines is 3. The normalized spacial score (nSPS) is 18.1. The third kappa shape index (κ3) is 10.6. The van der Waals surface area contributed by atoms with Crippen molar-refractivity contribution in [2.45, 2.75) is 70.1 Å². The molecule has 3 atom stereocenters. The van der Waals surface area contributed by atoms with Crippen LogP contribution in [-0.2, 0) is 25.7 Å². The monoisotopic (exact) mass is 621 g/mol. The number of hydrogen-bond donors (Lipinski definition) is 5. The molecule has 3 aromatic carbocycles. The zero-order valence-corrected chi connectivity index (χ0v) is 25.8. The first-order valence-corrected chi connectivity index (χ1v) is 16.3. The van der Waals surface area contributed by atoms with Gasteiger partial charge in [0.05, 0.1) is 36.8 Å². The summed E-state index contributed by atoms with van der Waals surface area (Å²) in [6.45, 7) is 0.105. The first kappa shape index (κ1) is 33.5. The molecule has 4 rings (SSSR count). The second-order valence-corrected chi connectivity index (χ2v) is 12.0. The highest BCUT2D eigenvalue weighted by Crippen LogP contribution is 2.39. The van der Waals surface area contributed by atoms with Crippen LogP contribution in [0.3, 0.4) is 0 Å². The molecule has 6 N–H and O–H groups in total. The topological polar surface area (TPSA) is 143 Å². The third-order valence-electron chi connectivity index (χ3n) is 7.39. The Labute approximate surface area is 263 Å². The largest absolute Gasteiger partial charge is 0.397 e. The summed E-state index contributed by atoms with van der Waals surface area (Å²) in [7, 11) is 0. The number of carbonyl (C=O) groups is 2. The number of hydrogen-bond acceptors (Lipinski definition) is 8. The molecule has 1 heterocycles. The van der Waals surface area contributed by atoms with E-state index in [-0.39, 0.29) is 37.2 Å². The molecule has 0 aliphatic carbocycles. The average Bonchev–Trinajstić information content (AvgIpc) is 3.04. The summed E-state index contributed by atoms with van der Waals surface area (Å²) in [5, 5.41) is 24.5. The number of unbranched alkanes of at least 4 members (excludes halogenated alkanes) is 3. The number of carbonyl (C=O) groups excluding carboxylic acids is 2. The van der Waals surface area contributed by atoms with Crippen molar-refractivity contribution < 1.29 is 29.3 Å². The van der Waals surface area contributed by atoms with Gasteiger partial charge >= 0.3 is 0 Å². The van der Waals surface area contributed by atoms with Gasteiger partial charge < -0.3 is 36.1 Å². The van der Waals surface area contributed by atoms with Crippen LogP contribution < -0.4 is 16.4 Å². The molecule has 10 heteroatoms. The third-order valence-corrected chi connectivity index (χ3v) is 8.47. The molecule has 1 saturated heterocycles. The molecule has 0 spiro atoms. The molecule has 44 heavy (non-hydrogen) atoms. The zero-order valence-electron chi connectivity index (χ0n) is 25.0. The van der Waals surface area contributed by atoms with Gasteiger partial charge in [0.1, 0.15) is 0 Å². The van der Waals surface area contributed by atoms with E-state index in [0.29, 0.717) is 42.1 Å². The summed E-state index contributed by atoms with van der Waals surface area (Å²) >= 11 is 1.64. The number of aliphatic hydroxyl groups excluding tert-OH is 2. The number of thioether (sulfide) groups is 1. The van der Waals surface area contributed by atoms with Crippen molar-refractivity contribution in [1.82, 2.24) is 0 Å². The van der Waals surface area contributed by atoms with E-state index in [4.69, 9.17) is 15.2 Å². The SMILES string of the molecule is Nc1ccccc1NC(=O)CCCCCCC(=O)Nc1cccc(C2OC(CSCCO)CC(c3ccc(CO)cc3)O2)c1. The van der Waals surface area contributed by atoms with Gasteiger partial charge in [0.25, 0.3) is 0 Å². The maximum Gasteiger partial charge on any atom is 0.224 e. The van der Waals surface area contributed by atoms with Crippen LogP contribution in [0.5, 0.6) is 0 Å². The van der Waals surface area contributed by atoms with Crippen molar-refractivity contribution in [3.63, 3.8) is 0 Å². The summed E-state index contributed by atoms with van der Waals surface area (Å²) in [6.07, 6.45) is 3.79. The predicted molar refractivity (Wildman–Crippen MR) is 175 cm³/mol. The molecule has 0 bridgehead atoms. The first-order chi connectivity index (χ1) is 21.4. The van der Waals surface area contributed by atoms with Crippen molar-refractivity contribution in [2.75, 3.05) is 34.5 Å². The number of para-hydroxylation sites is 2. The van der Waals surface area contributed by atoms with Crippen LogP contribution >= 0.6 is 11.8 Å². The fraction of sp³-hybridized carbons (Fsp3) is 0.412. The number of benzene rings is 3. The highest BCUT2D eigenvalue weighted by Gasteiger charge is 2.32.